The van der Waals surface area contributed by atoms with Gasteiger partial charge in [-0.05, 0) is 30.7 Å². The molecule has 1 aromatic rings. The first-order chi connectivity index (χ1) is 7.75. The molecule has 2 heterocycles. The molecule has 0 radical (unpaired) electrons. The minimum atomic E-state index is 0.616. The summed E-state index contributed by atoms with van der Waals surface area (Å²) in [5, 5.41) is 3.55. The van der Waals surface area contributed by atoms with Gasteiger partial charge in [0, 0.05) is 25.9 Å². The van der Waals surface area contributed by atoms with E-state index >= 15 is 0 Å². The van der Waals surface area contributed by atoms with Crippen molar-refractivity contribution in [2.24, 2.45) is 0 Å². The molecule has 1 fully saturated rings. The molecule has 1 saturated heterocycles. The number of thioether (sulfide) groups is 1. The summed E-state index contributed by atoms with van der Waals surface area (Å²) in [6.45, 7) is 0. The van der Waals surface area contributed by atoms with E-state index in [9.17, 15) is 0 Å². The third-order valence-electron chi connectivity index (χ3n) is 2.74. The predicted molar refractivity (Wildman–Crippen MR) is 72.5 cm³/mol. The van der Waals surface area contributed by atoms with Crippen molar-refractivity contribution in [1.82, 2.24) is 4.98 Å². The number of pyridine rings is 1. The quantitative estimate of drug-likeness (QED) is 0.874. The summed E-state index contributed by atoms with van der Waals surface area (Å²) in [5.41, 5.74) is 1.14. The van der Waals surface area contributed by atoms with E-state index in [-0.39, 0.29) is 0 Å². The Bertz CT molecular complexity index is 318. The smallest absolute Gasteiger partial charge is 0.128 e. The van der Waals surface area contributed by atoms with Gasteiger partial charge in [0.2, 0.25) is 0 Å². The van der Waals surface area contributed by atoms with Crippen LogP contribution in [0, 0.1) is 0 Å². The van der Waals surface area contributed by atoms with Gasteiger partial charge in [-0.2, -0.15) is 11.8 Å². The maximum absolute atomic E-state index is 4.40. The molecule has 0 bridgehead atoms. The van der Waals surface area contributed by atoms with Crippen LogP contribution in [0.15, 0.2) is 18.3 Å². The second-order valence-corrected chi connectivity index (χ2v) is 5.51. The lowest BCUT2D eigenvalue weighted by Crippen LogP contribution is -2.25. The van der Waals surface area contributed by atoms with Crippen LogP contribution in [0.5, 0.6) is 0 Å². The van der Waals surface area contributed by atoms with Gasteiger partial charge in [0.25, 0.3) is 0 Å². The van der Waals surface area contributed by atoms with Crippen LogP contribution >= 0.6 is 11.8 Å². The molecule has 1 aromatic heterocycles. The predicted octanol–water partition coefficient (Wildman–Crippen LogP) is 2.46. The second-order valence-electron chi connectivity index (χ2n) is 4.36. The number of nitrogens with one attached hydrogen (secondary N) is 1. The fourth-order valence-electron chi connectivity index (χ4n) is 1.83. The summed E-state index contributed by atoms with van der Waals surface area (Å²) in [5.74, 6) is 3.54. The Hall–Kier alpha value is -0.900. The Labute approximate surface area is 102 Å². The standard InChI is InChI=1S/C12H19N3S/c1-15(2)12-6-5-10(8-13-12)14-11-4-3-7-16-9-11/h5-6,8,11,14H,3-4,7,9H2,1-2H3. The molecule has 16 heavy (non-hydrogen) atoms. The molecule has 0 spiro atoms. The van der Waals surface area contributed by atoms with E-state index in [1.54, 1.807) is 0 Å². The van der Waals surface area contributed by atoms with Gasteiger partial charge in [0.1, 0.15) is 5.82 Å². The lowest BCUT2D eigenvalue weighted by atomic mass is 10.2. The molecule has 0 saturated carbocycles. The van der Waals surface area contributed by atoms with E-state index < -0.39 is 0 Å². The van der Waals surface area contributed by atoms with Crippen LogP contribution in [0.4, 0.5) is 11.5 Å². The minimum Gasteiger partial charge on any atom is -0.380 e. The average Bonchev–Trinajstić information content (AvgIpc) is 2.31. The number of aromatic nitrogens is 1. The Balaban J connectivity index is 1.93. The summed E-state index contributed by atoms with van der Waals surface area (Å²) >= 11 is 2.04. The van der Waals surface area contributed by atoms with Crippen molar-refractivity contribution in [3.05, 3.63) is 18.3 Å². The fraction of sp³-hybridized carbons (Fsp3) is 0.583. The number of anilines is 2. The van der Waals surface area contributed by atoms with Crippen LogP contribution < -0.4 is 10.2 Å². The third-order valence-corrected chi connectivity index (χ3v) is 3.95. The molecular weight excluding hydrogens is 218 g/mol. The van der Waals surface area contributed by atoms with Crippen LogP contribution in [0.3, 0.4) is 0 Å². The first-order valence-electron chi connectivity index (χ1n) is 5.73. The van der Waals surface area contributed by atoms with Crippen molar-refractivity contribution in [3.63, 3.8) is 0 Å². The summed E-state index contributed by atoms with van der Waals surface area (Å²) in [7, 11) is 4.01. The molecule has 3 nitrogen and oxygen atoms in total. The molecule has 1 atom stereocenters. The lowest BCUT2D eigenvalue weighted by molar-refractivity contribution is 0.685. The van der Waals surface area contributed by atoms with E-state index in [2.05, 4.69) is 22.4 Å². The minimum absolute atomic E-state index is 0.616. The van der Waals surface area contributed by atoms with Crippen LogP contribution in [0.25, 0.3) is 0 Å². The molecule has 1 aliphatic rings. The summed E-state index contributed by atoms with van der Waals surface area (Å²) in [6.07, 6.45) is 4.53. The van der Waals surface area contributed by atoms with Crippen molar-refractivity contribution in [2.45, 2.75) is 18.9 Å². The summed E-state index contributed by atoms with van der Waals surface area (Å²) in [6, 6.07) is 4.78. The highest BCUT2D eigenvalue weighted by Crippen LogP contribution is 2.21. The Kier molecular flexibility index (Phi) is 3.93. The third kappa shape index (κ3) is 3.04. The Morgan fingerprint density at radius 1 is 1.44 bits per heavy atom. The Morgan fingerprint density at radius 2 is 2.31 bits per heavy atom. The van der Waals surface area contributed by atoms with E-state index in [4.69, 9.17) is 0 Å². The fourth-order valence-corrected chi connectivity index (χ4v) is 2.90. The van der Waals surface area contributed by atoms with Gasteiger partial charge in [-0.3, -0.25) is 0 Å². The topological polar surface area (TPSA) is 28.2 Å². The zero-order valence-corrected chi connectivity index (χ0v) is 10.8. The lowest BCUT2D eigenvalue weighted by Gasteiger charge is -2.23. The summed E-state index contributed by atoms with van der Waals surface area (Å²) in [4.78, 5) is 6.41. The van der Waals surface area contributed by atoms with E-state index in [0.29, 0.717) is 6.04 Å². The van der Waals surface area contributed by atoms with Crippen molar-refractivity contribution in [3.8, 4) is 0 Å². The van der Waals surface area contributed by atoms with Crippen LogP contribution in [-0.4, -0.2) is 36.6 Å². The number of rotatable bonds is 3. The molecule has 0 aromatic carbocycles. The highest BCUT2D eigenvalue weighted by molar-refractivity contribution is 7.99. The van der Waals surface area contributed by atoms with Gasteiger partial charge in [0.15, 0.2) is 0 Å². The number of nitrogens with zero attached hydrogens (tertiary/aromatic N) is 2. The van der Waals surface area contributed by atoms with Crippen LogP contribution in [0.1, 0.15) is 12.8 Å². The molecule has 2 rings (SSSR count). The van der Waals surface area contributed by atoms with Crippen molar-refractivity contribution < 1.29 is 0 Å². The van der Waals surface area contributed by atoms with Crippen LogP contribution in [-0.2, 0) is 0 Å². The molecule has 1 N–H and O–H groups in total. The Morgan fingerprint density at radius 3 is 2.88 bits per heavy atom. The highest BCUT2D eigenvalue weighted by atomic mass is 32.2. The average molecular weight is 237 g/mol. The van der Waals surface area contributed by atoms with E-state index in [1.807, 2.05) is 37.0 Å². The molecular formula is C12H19N3S. The largest absolute Gasteiger partial charge is 0.380 e. The molecule has 4 heteroatoms. The molecule has 1 unspecified atom stereocenters. The van der Waals surface area contributed by atoms with Crippen molar-refractivity contribution in [1.29, 1.82) is 0 Å². The van der Waals surface area contributed by atoms with Gasteiger partial charge in [-0.15, -0.1) is 0 Å². The first-order valence-corrected chi connectivity index (χ1v) is 6.89. The van der Waals surface area contributed by atoms with Crippen molar-refractivity contribution in [2.75, 3.05) is 35.8 Å². The van der Waals surface area contributed by atoms with Crippen LogP contribution in [0.2, 0.25) is 0 Å². The van der Waals surface area contributed by atoms with Gasteiger partial charge in [-0.25, -0.2) is 4.98 Å². The number of hydrogen-bond donors (Lipinski definition) is 1. The van der Waals surface area contributed by atoms with E-state index in [0.717, 1.165) is 11.5 Å². The van der Waals surface area contributed by atoms with Gasteiger partial charge in [0.05, 0.1) is 11.9 Å². The zero-order valence-electron chi connectivity index (χ0n) is 9.94. The van der Waals surface area contributed by atoms with Gasteiger partial charge >= 0.3 is 0 Å². The van der Waals surface area contributed by atoms with Crippen molar-refractivity contribution >= 4 is 23.3 Å². The zero-order chi connectivity index (χ0) is 11.4. The second kappa shape index (κ2) is 5.43. The summed E-state index contributed by atoms with van der Waals surface area (Å²) < 4.78 is 0. The van der Waals surface area contributed by atoms with Gasteiger partial charge < -0.3 is 10.2 Å². The maximum atomic E-state index is 4.40. The number of hydrogen-bond acceptors (Lipinski definition) is 4. The maximum Gasteiger partial charge on any atom is 0.128 e. The molecule has 0 amide bonds. The molecule has 1 aliphatic heterocycles. The van der Waals surface area contributed by atoms with E-state index in [1.165, 1.54) is 24.3 Å². The molecule has 0 aliphatic carbocycles. The van der Waals surface area contributed by atoms with Gasteiger partial charge in [-0.1, -0.05) is 0 Å². The normalized spacial score (nSPS) is 20.5. The first kappa shape index (κ1) is 11.6. The SMILES string of the molecule is CN(C)c1ccc(NC2CCCSC2)cn1. The molecule has 88 valence electrons. The highest BCUT2D eigenvalue weighted by Gasteiger charge is 2.13. The monoisotopic (exact) mass is 237 g/mol.